The molecule has 0 saturated carbocycles. The number of amides is 1. The number of nitrogens with zero attached hydrogens (tertiary/aromatic N) is 1. The summed E-state index contributed by atoms with van der Waals surface area (Å²) in [4.78, 5) is 15.3. The summed E-state index contributed by atoms with van der Waals surface area (Å²) >= 11 is 5.11. The summed E-state index contributed by atoms with van der Waals surface area (Å²) in [7, 11) is 3.52. The van der Waals surface area contributed by atoms with Gasteiger partial charge in [-0.05, 0) is 41.2 Å². The fraction of sp³-hybridized carbons (Fsp3) is 0.267. The van der Waals surface area contributed by atoms with E-state index < -0.39 is 0 Å². The van der Waals surface area contributed by atoms with Crippen molar-refractivity contribution in [3.05, 3.63) is 45.1 Å². The van der Waals surface area contributed by atoms with Crippen LogP contribution >= 0.6 is 27.3 Å². The van der Waals surface area contributed by atoms with Gasteiger partial charge in [0.15, 0.2) is 0 Å². The predicted molar refractivity (Wildman–Crippen MR) is 90.0 cm³/mol. The van der Waals surface area contributed by atoms with E-state index in [1.54, 1.807) is 18.4 Å². The summed E-state index contributed by atoms with van der Waals surface area (Å²) in [6.07, 6.45) is 0. The third kappa shape index (κ3) is 4.84. The van der Waals surface area contributed by atoms with E-state index >= 15 is 0 Å². The molecule has 0 aliphatic carbocycles. The van der Waals surface area contributed by atoms with Gasteiger partial charge in [0, 0.05) is 21.3 Å². The van der Waals surface area contributed by atoms with Gasteiger partial charge in [-0.15, -0.1) is 11.3 Å². The Hall–Kier alpha value is -1.37. The van der Waals surface area contributed by atoms with Gasteiger partial charge in [-0.1, -0.05) is 12.1 Å². The third-order valence-electron chi connectivity index (χ3n) is 2.84. The Balaban J connectivity index is 1.89. The lowest BCUT2D eigenvalue weighted by molar-refractivity contribution is -0.117. The van der Waals surface area contributed by atoms with E-state index in [9.17, 15) is 4.79 Å². The number of benzene rings is 1. The van der Waals surface area contributed by atoms with Crippen LogP contribution in [0.25, 0.3) is 0 Å². The van der Waals surface area contributed by atoms with Crippen molar-refractivity contribution in [1.29, 1.82) is 0 Å². The Morgan fingerprint density at radius 2 is 2.19 bits per heavy atom. The highest BCUT2D eigenvalue weighted by atomic mass is 79.9. The number of likely N-dealkylation sites (N-methyl/N-ethyl adjacent to an activating group) is 1. The van der Waals surface area contributed by atoms with Gasteiger partial charge >= 0.3 is 0 Å². The topological polar surface area (TPSA) is 41.6 Å². The van der Waals surface area contributed by atoms with E-state index in [1.165, 1.54) is 4.88 Å². The average Bonchev–Trinajstić information content (AvgIpc) is 2.84. The molecule has 1 aromatic heterocycles. The molecule has 1 heterocycles. The smallest absolute Gasteiger partial charge is 0.238 e. The molecule has 0 bridgehead atoms. The molecule has 0 unspecified atom stereocenters. The molecule has 0 aliphatic rings. The minimum absolute atomic E-state index is 0.0578. The van der Waals surface area contributed by atoms with Crippen molar-refractivity contribution >= 4 is 38.9 Å². The van der Waals surface area contributed by atoms with E-state index in [0.717, 1.165) is 11.0 Å². The fourth-order valence-corrected chi connectivity index (χ4v) is 3.47. The van der Waals surface area contributed by atoms with Crippen LogP contribution in [0, 0.1) is 0 Å². The van der Waals surface area contributed by atoms with E-state index in [-0.39, 0.29) is 5.91 Å². The van der Waals surface area contributed by atoms with Crippen molar-refractivity contribution in [1.82, 2.24) is 4.90 Å². The molecule has 112 valence electrons. The SMILES string of the molecule is COc1ccccc1NC(=O)CN(C)Cc1cc(Br)cs1. The lowest BCUT2D eigenvalue weighted by atomic mass is 10.3. The van der Waals surface area contributed by atoms with Crippen molar-refractivity contribution in [2.45, 2.75) is 6.54 Å². The van der Waals surface area contributed by atoms with Gasteiger partial charge in [0.2, 0.25) is 5.91 Å². The predicted octanol–water partition coefficient (Wildman–Crippen LogP) is 3.59. The third-order valence-corrected chi connectivity index (χ3v) is 4.52. The largest absolute Gasteiger partial charge is 0.495 e. The number of carbonyl (C=O) groups is 1. The number of carbonyl (C=O) groups excluding carboxylic acids is 1. The number of nitrogens with one attached hydrogen (secondary N) is 1. The quantitative estimate of drug-likeness (QED) is 0.846. The van der Waals surface area contributed by atoms with Gasteiger partial charge in [0.25, 0.3) is 0 Å². The monoisotopic (exact) mass is 368 g/mol. The van der Waals surface area contributed by atoms with Crippen LogP contribution in [-0.2, 0) is 11.3 Å². The normalized spacial score (nSPS) is 10.7. The van der Waals surface area contributed by atoms with E-state index in [1.807, 2.05) is 41.6 Å². The first kappa shape index (κ1) is 16.0. The Bertz CT molecular complexity index is 615. The van der Waals surface area contributed by atoms with Gasteiger partial charge in [-0.25, -0.2) is 0 Å². The van der Waals surface area contributed by atoms with Crippen LogP contribution in [0.1, 0.15) is 4.88 Å². The number of ether oxygens (including phenoxy) is 1. The highest BCUT2D eigenvalue weighted by Crippen LogP contribution is 2.23. The molecule has 2 rings (SSSR count). The molecule has 1 aromatic carbocycles. The molecule has 0 saturated heterocycles. The molecule has 6 heteroatoms. The van der Waals surface area contributed by atoms with E-state index in [4.69, 9.17) is 4.74 Å². The van der Waals surface area contributed by atoms with Crippen LogP contribution in [-0.4, -0.2) is 31.5 Å². The fourth-order valence-electron chi connectivity index (χ4n) is 1.94. The van der Waals surface area contributed by atoms with Gasteiger partial charge in [0.05, 0.1) is 19.3 Å². The number of rotatable bonds is 6. The van der Waals surface area contributed by atoms with Crippen LogP contribution < -0.4 is 10.1 Å². The van der Waals surface area contributed by atoms with Gasteiger partial charge < -0.3 is 10.1 Å². The zero-order chi connectivity index (χ0) is 15.2. The Morgan fingerprint density at radius 3 is 2.86 bits per heavy atom. The molecule has 0 atom stereocenters. The molecule has 0 aliphatic heterocycles. The summed E-state index contributed by atoms with van der Waals surface area (Å²) in [6, 6.07) is 9.45. The number of thiophene rings is 1. The number of halogens is 1. The van der Waals surface area contributed by atoms with Crippen molar-refractivity contribution in [3.8, 4) is 5.75 Å². The minimum atomic E-state index is -0.0578. The Labute approximate surface area is 136 Å². The molecule has 1 N–H and O–H groups in total. The summed E-state index contributed by atoms with van der Waals surface area (Å²) in [5.74, 6) is 0.605. The summed E-state index contributed by atoms with van der Waals surface area (Å²) in [6.45, 7) is 1.07. The molecule has 1 amide bonds. The number of para-hydroxylation sites is 2. The van der Waals surface area contributed by atoms with Crippen molar-refractivity contribution in [3.63, 3.8) is 0 Å². The van der Waals surface area contributed by atoms with Crippen LogP contribution in [0.15, 0.2) is 40.2 Å². The van der Waals surface area contributed by atoms with E-state index in [2.05, 4.69) is 27.3 Å². The second-order valence-electron chi connectivity index (χ2n) is 4.65. The molecule has 0 radical (unpaired) electrons. The maximum absolute atomic E-state index is 12.1. The number of anilines is 1. The van der Waals surface area contributed by atoms with Crippen LogP contribution in [0.3, 0.4) is 0 Å². The lowest BCUT2D eigenvalue weighted by Gasteiger charge is -2.16. The molecule has 0 fully saturated rings. The number of hydrogen-bond donors (Lipinski definition) is 1. The zero-order valence-electron chi connectivity index (χ0n) is 11.9. The Morgan fingerprint density at radius 1 is 1.43 bits per heavy atom. The van der Waals surface area contributed by atoms with Crippen LogP contribution in [0.4, 0.5) is 5.69 Å². The molecule has 4 nitrogen and oxygen atoms in total. The van der Waals surface area contributed by atoms with Crippen molar-refractivity contribution in [2.24, 2.45) is 0 Å². The van der Waals surface area contributed by atoms with Gasteiger partial charge in [-0.2, -0.15) is 0 Å². The van der Waals surface area contributed by atoms with Gasteiger partial charge in [0.1, 0.15) is 5.75 Å². The number of methoxy groups -OCH3 is 1. The standard InChI is InChI=1S/C15H17BrN2O2S/c1-18(8-12-7-11(16)10-21-12)9-15(19)17-13-5-3-4-6-14(13)20-2/h3-7,10H,8-9H2,1-2H3,(H,17,19). The molecule has 0 spiro atoms. The van der Waals surface area contributed by atoms with Crippen molar-refractivity contribution in [2.75, 3.05) is 26.0 Å². The lowest BCUT2D eigenvalue weighted by Crippen LogP contribution is -2.29. The van der Waals surface area contributed by atoms with E-state index in [0.29, 0.717) is 18.0 Å². The van der Waals surface area contributed by atoms with Crippen LogP contribution in [0.5, 0.6) is 5.75 Å². The maximum atomic E-state index is 12.1. The zero-order valence-corrected chi connectivity index (χ0v) is 14.3. The van der Waals surface area contributed by atoms with Crippen molar-refractivity contribution < 1.29 is 9.53 Å². The molecule has 21 heavy (non-hydrogen) atoms. The molecular formula is C15H17BrN2O2S. The second-order valence-corrected chi connectivity index (χ2v) is 6.56. The first-order chi connectivity index (χ1) is 10.1. The maximum Gasteiger partial charge on any atom is 0.238 e. The molecular weight excluding hydrogens is 352 g/mol. The van der Waals surface area contributed by atoms with Crippen LogP contribution in [0.2, 0.25) is 0 Å². The second kappa shape index (κ2) is 7.59. The summed E-state index contributed by atoms with van der Waals surface area (Å²) < 4.78 is 6.30. The summed E-state index contributed by atoms with van der Waals surface area (Å²) in [5, 5.41) is 4.91. The number of hydrogen-bond acceptors (Lipinski definition) is 4. The molecule has 2 aromatic rings. The first-order valence-electron chi connectivity index (χ1n) is 6.43. The highest BCUT2D eigenvalue weighted by Gasteiger charge is 2.10. The Kier molecular flexibility index (Phi) is 5.78. The van der Waals surface area contributed by atoms with Gasteiger partial charge in [-0.3, -0.25) is 9.69 Å². The highest BCUT2D eigenvalue weighted by molar-refractivity contribution is 9.10. The summed E-state index contributed by atoms with van der Waals surface area (Å²) in [5.41, 5.74) is 0.692. The minimum Gasteiger partial charge on any atom is -0.495 e. The average molecular weight is 369 g/mol. The first-order valence-corrected chi connectivity index (χ1v) is 8.10.